The fraction of sp³-hybridized carbons (Fsp3) is 0.100. The zero-order valence-corrected chi connectivity index (χ0v) is 8.10. The smallest absolute Gasteiger partial charge is 0.338 e. The monoisotopic (exact) mass is 207 g/mol. The first-order valence-corrected chi connectivity index (χ1v) is 4.09. The molecule has 0 spiro atoms. The molecule has 0 unspecified atom stereocenters. The van der Waals surface area contributed by atoms with Gasteiger partial charge in [0.25, 0.3) is 5.69 Å². The molecule has 0 aliphatic carbocycles. The van der Waals surface area contributed by atoms with E-state index in [1.165, 1.54) is 31.4 Å². The van der Waals surface area contributed by atoms with Crippen LogP contribution in [0.25, 0.3) is 6.08 Å². The number of nitro benzene ring substituents is 1. The van der Waals surface area contributed by atoms with Gasteiger partial charge in [0.1, 0.15) is 0 Å². The summed E-state index contributed by atoms with van der Waals surface area (Å²) < 4.78 is 4.52. The number of non-ortho nitro benzene ring substituents is 1. The number of hydrogen-bond acceptors (Lipinski definition) is 4. The van der Waals surface area contributed by atoms with Gasteiger partial charge in [0, 0.05) is 12.1 Å². The highest BCUT2D eigenvalue weighted by atomic mass is 16.6. The number of carbonyl (C=O) groups is 1. The van der Waals surface area contributed by atoms with E-state index in [4.69, 9.17) is 0 Å². The van der Waals surface area contributed by atoms with Crippen molar-refractivity contribution >= 4 is 17.7 Å². The van der Waals surface area contributed by atoms with Gasteiger partial charge in [-0.25, -0.2) is 4.79 Å². The Morgan fingerprint density at radius 3 is 2.73 bits per heavy atom. The number of nitro groups is 1. The molecule has 1 aromatic rings. The Bertz CT molecular complexity index is 425. The molecule has 78 valence electrons. The van der Waals surface area contributed by atoms with E-state index >= 15 is 0 Å². The van der Waals surface area contributed by atoms with Crippen molar-refractivity contribution in [1.82, 2.24) is 0 Å². The Balaban J connectivity index is 3.26. The molecule has 0 saturated heterocycles. The first-order chi connectivity index (χ1) is 7.10. The van der Waals surface area contributed by atoms with Crippen LogP contribution in [0.4, 0.5) is 5.69 Å². The molecule has 15 heavy (non-hydrogen) atoms. The van der Waals surface area contributed by atoms with Crippen LogP contribution in [0.2, 0.25) is 0 Å². The average Bonchev–Trinajstić information content (AvgIpc) is 2.27. The van der Waals surface area contributed by atoms with Crippen LogP contribution in [0.15, 0.2) is 24.8 Å². The number of nitrogens with zero attached hydrogens (tertiary/aromatic N) is 1. The molecule has 1 aromatic carbocycles. The number of hydrogen-bond donors (Lipinski definition) is 0. The van der Waals surface area contributed by atoms with Crippen molar-refractivity contribution in [2.75, 3.05) is 7.11 Å². The molecule has 0 saturated carbocycles. The highest BCUT2D eigenvalue weighted by Gasteiger charge is 2.14. The molecule has 0 N–H and O–H groups in total. The lowest BCUT2D eigenvalue weighted by atomic mass is 10.1. The molecule has 0 amide bonds. The summed E-state index contributed by atoms with van der Waals surface area (Å²) in [6, 6.07) is 3.87. The summed E-state index contributed by atoms with van der Waals surface area (Å²) in [7, 11) is 1.25. The van der Waals surface area contributed by atoms with Crippen LogP contribution in [0.5, 0.6) is 0 Å². The van der Waals surface area contributed by atoms with Crippen LogP contribution in [-0.2, 0) is 4.74 Å². The van der Waals surface area contributed by atoms with Crippen molar-refractivity contribution in [2.45, 2.75) is 0 Å². The van der Waals surface area contributed by atoms with E-state index < -0.39 is 10.9 Å². The quantitative estimate of drug-likeness (QED) is 0.432. The summed E-state index contributed by atoms with van der Waals surface area (Å²) in [5.74, 6) is -0.542. The number of methoxy groups -OCH3 is 1. The van der Waals surface area contributed by atoms with Gasteiger partial charge in [-0.3, -0.25) is 10.1 Å². The second-order valence-electron chi connectivity index (χ2n) is 2.72. The molecule has 0 fully saturated rings. The van der Waals surface area contributed by atoms with E-state index in [1.54, 1.807) is 0 Å². The zero-order chi connectivity index (χ0) is 11.4. The topological polar surface area (TPSA) is 69.4 Å². The summed E-state index contributed by atoms with van der Waals surface area (Å²) in [5.41, 5.74) is 0.562. The van der Waals surface area contributed by atoms with E-state index in [1.807, 2.05) is 0 Å². The Morgan fingerprint density at radius 1 is 1.60 bits per heavy atom. The minimum atomic E-state index is -0.542. The average molecular weight is 207 g/mol. The fourth-order valence-electron chi connectivity index (χ4n) is 1.13. The Labute approximate surface area is 86.1 Å². The minimum absolute atomic E-state index is 0.0856. The molecule has 0 heterocycles. The lowest BCUT2D eigenvalue weighted by Crippen LogP contribution is -2.04. The standard InChI is InChI=1S/C10H9NO4/c1-3-7-6-8(11(13)14)4-5-9(7)10(12)15-2/h3-6H,1H2,2H3. The lowest BCUT2D eigenvalue weighted by molar-refractivity contribution is -0.384. The van der Waals surface area contributed by atoms with Crippen molar-refractivity contribution in [2.24, 2.45) is 0 Å². The summed E-state index contributed by atoms with van der Waals surface area (Å²) in [6.45, 7) is 3.48. The van der Waals surface area contributed by atoms with Gasteiger partial charge in [-0.1, -0.05) is 12.7 Å². The minimum Gasteiger partial charge on any atom is -0.465 e. The van der Waals surface area contributed by atoms with Gasteiger partial charge in [0.2, 0.25) is 0 Å². The van der Waals surface area contributed by atoms with Gasteiger partial charge in [-0.2, -0.15) is 0 Å². The number of ether oxygens (including phenoxy) is 1. The normalized spacial score (nSPS) is 9.40. The lowest BCUT2D eigenvalue weighted by Gasteiger charge is -2.03. The van der Waals surface area contributed by atoms with Crippen molar-refractivity contribution in [3.8, 4) is 0 Å². The van der Waals surface area contributed by atoms with E-state index in [0.717, 1.165) is 0 Å². The number of rotatable bonds is 3. The first kappa shape index (κ1) is 10.9. The van der Waals surface area contributed by atoms with Crippen LogP contribution in [-0.4, -0.2) is 18.0 Å². The maximum absolute atomic E-state index is 11.2. The molecule has 0 atom stereocenters. The maximum Gasteiger partial charge on any atom is 0.338 e. The first-order valence-electron chi connectivity index (χ1n) is 4.09. The highest BCUT2D eigenvalue weighted by molar-refractivity contribution is 5.93. The molecule has 0 bridgehead atoms. The predicted octanol–water partition coefficient (Wildman–Crippen LogP) is 2.02. The van der Waals surface area contributed by atoms with Gasteiger partial charge in [-0.15, -0.1) is 0 Å². The van der Waals surface area contributed by atoms with Crippen molar-refractivity contribution in [1.29, 1.82) is 0 Å². The van der Waals surface area contributed by atoms with Crippen molar-refractivity contribution < 1.29 is 14.5 Å². The fourth-order valence-corrected chi connectivity index (χ4v) is 1.13. The van der Waals surface area contributed by atoms with Crippen LogP contribution in [0.3, 0.4) is 0 Å². The molecule has 1 rings (SSSR count). The van der Waals surface area contributed by atoms with Gasteiger partial charge in [0.05, 0.1) is 17.6 Å². The van der Waals surface area contributed by atoms with Crippen LogP contribution in [0, 0.1) is 10.1 Å². The highest BCUT2D eigenvalue weighted by Crippen LogP contribution is 2.19. The summed E-state index contributed by atoms with van der Waals surface area (Å²) in [6.07, 6.45) is 1.37. The largest absolute Gasteiger partial charge is 0.465 e. The molecule has 0 aromatic heterocycles. The summed E-state index contributed by atoms with van der Waals surface area (Å²) >= 11 is 0. The summed E-state index contributed by atoms with van der Waals surface area (Å²) in [5, 5.41) is 10.5. The van der Waals surface area contributed by atoms with Crippen LogP contribution < -0.4 is 0 Å². The maximum atomic E-state index is 11.2. The molecule has 5 nitrogen and oxygen atoms in total. The van der Waals surface area contributed by atoms with E-state index in [-0.39, 0.29) is 11.3 Å². The van der Waals surface area contributed by atoms with E-state index in [0.29, 0.717) is 5.56 Å². The SMILES string of the molecule is C=Cc1cc([N+](=O)[O-])ccc1C(=O)OC. The van der Waals surface area contributed by atoms with Crippen LogP contribution in [0.1, 0.15) is 15.9 Å². The molecule has 0 radical (unpaired) electrons. The third-order valence-electron chi connectivity index (χ3n) is 1.87. The third kappa shape index (κ3) is 2.19. The number of benzene rings is 1. The zero-order valence-electron chi connectivity index (χ0n) is 8.10. The Kier molecular flexibility index (Phi) is 3.17. The number of esters is 1. The second-order valence-corrected chi connectivity index (χ2v) is 2.72. The van der Waals surface area contributed by atoms with Crippen molar-refractivity contribution in [3.63, 3.8) is 0 Å². The molecular weight excluding hydrogens is 198 g/mol. The Morgan fingerprint density at radius 2 is 2.27 bits per heavy atom. The van der Waals surface area contributed by atoms with Gasteiger partial charge < -0.3 is 4.74 Å². The van der Waals surface area contributed by atoms with Gasteiger partial charge in [0.15, 0.2) is 0 Å². The predicted molar refractivity (Wildman–Crippen MR) is 54.5 cm³/mol. The number of carbonyl (C=O) groups excluding carboxylic acids is 1. The molecule has 0 aliphatic rings. The van der Waals surface area contributed by atoms with E-state index in [2.05, 4.69) is 11.3 Å². The summed E-state index contributed by atoms with van der Waals surface area (Å²) in [4.78, 5) is 21.2. The molecule has 0 aliphatic heterocycles. The van der Waals surface area contributed by atoms with Crippen molar-refractivity contribution in [3.05, 3.63) is 46.0 Å². The Hall–Kier alpha value is -2.17. The van der Waals surface area contributed by atoms with Gasteiger partial charge in [-0.05, 0) is 11.6 Å². The molecular formula is C10H9NO4. The second kappa shape index (κ2) is 4.36. The van der Waals surface area contributed by atoms with Crippen LogP contribution >= 0.6 is 0 Å². The van der Waals surface area contributed by atoms with E-state index in [9.17, 15) is 14.9 Å². The third-order valence-corrected chi connectivity index (χ3v) is 1.87. The molecule has 5 heteroatoms. The van der Waals surface area contributed by atoms with Gasteiger partial charge >= 0.3 is 5.97 Å².